The number of nitrogens with zero attached hydrogens (tertiary/aromatic N) is 1. The molecule has 0 fully saturated rings. The Hall–Kier alpha value is -1.38. The van der Waals surface area contributed by atoms with Crippen LogP contribution in [0.15, 0.2) is 12.3 Å². The molecule has 1 aromatic heterocycles. The molecule has 3 heteroatoms. The highest BCUT2D eigenvalue weighted by Gasteiger charge is 2.08. The fourth-order valence-electron chi connectivity index (χ4n) is 0.972. The van der Waals surface area contributed by atoms with Gasteiger partial charge in [-0.3, -0.25) is 4.79 Å². The smallest absolute Gasteiger partial charge is 0.224 e. The molecule has 1 rings (SSSR count). The van der Waals surface area contributed by atoms with Crippen molar-refractivity contribution in [2.24, 2.45) is 0 Å². The first-order valence-corrected chi connectivity index (χ1v) is 3.66. The zero-order chi connectivity index (χ0) is 9.14. The third kappa shape index (κ3) is 1.61. The number of ketones is 1. The molecule has 64 valence electrons. The lowest BCUT2D eigenvalue weighted by atomic mass is 10.1. The predicted molar refractivity (Wildman–Crippen MR) is 45.5 cm³/mol. The third-order valence-corrected chi connectivity index (χ3v) is 1.56. The van der Waals surface area contributed by atoms with Gasteiger partial charge < -0.3 is 4.74 Å². The Morgan fingerprint density at radius 3 is 2.75 bits per heavy atom. The number of hydrogen-bond donors (Lipinski definition) is 0. The molecule has 0 saturated heterocycles. The van der Waals surface area contributed by atoms with Gasteiger partial charge in [0.2, 0.25) is 5.88 Å². The van der Waals surface area contributed by atoms with Crippen LogP contribution in [-0.4, -0.2) is 17.9 Å². The summed E-state index contributed by atoms with van der Waals surface area (Å²) in [7, 11) is 1.50. The van der Waals surface area contributed by atoms with Crippen LogP contribution in [0.3, 0.4) is 0 Å². The number of aryl methyl sites for hydroxylation is 1. The van der Waals surface area contributed by atoms with E-state index in [1.54, 1.807) is 12.3 Å². The van der Waals surface area contributed by atoms with Crippen LogP contribution < -0.4 is 4.74 Å². The molecular weight excluding hydrogens is 154 g/mol. The fraction of sp³-hybridized carbons (Fsp3) is 0.333. The normalized spacial score (nSPS) is 9.58. The summed E-state index contributed by atoms with van der Waals surface area (Å²) in [5.74, 6) is 0.371. The molecule has 3 nitrogen and oxygen atoms in total. The molecular formula is C9H11NO2. The lowest BCUT2D eigenvalue weighted by molar-refractivity contribution is 0.101. The van der Waals surface area contributed by atoms with Gasteiger partial charge in [-0.1, -0.05) is 0 Å². The monoisotopic (exact) mass is 165 g/mol. The van der Waals surface area contributed by atoms with E-state index in [-0.39, 0.29) is 5.78 Å². The van der Waals surface area contributed by atoms with Crippen LogP contribution in [0, 0.1) is 6.92 Å². The van der Waals surface area contributed by atoms with Gasteiger partial charge >= 0.3 is 0 Å². The molecule has 12 heavy (non-hydrogen) atoms. The minimum absolute atomic E-state index is 0.0250. The van der Waals surface area contributed by atoms with Gasteiger partial charge in [-0.2, -0.15) is 0 Å². The Kier molecular flexibility index (Phi) is 2.43. The van der Waals surface area contributed by atoms with Crippen LogP contribution >= 0.6 is 0 Å². The third-order valence-electron chi connectivity index (χ3n) is 1.56. The second kappa shape index (κ2) is 3.34. The van der Waals surface area contributed by atoms with E-state index >= 15 is 0 Å². The van der Waals surface area contributed by atoms with Crippen LogP contribution in [0.1, 0.15) is 22.8 Å². The molecule has 0 spiro atoms. The molecule has 0 aliphatic rings. The molecule has 0 bridgehead atoms. The zero-order valence-corrected chi connectivity index (χ0v) is 7.42. The van der Waals surface area contributed by atoms with Gasteiger partial charge in [0, 0.05) is 6.20 Å². The highest BCUT2D eigenvalue weighted by molar-refractivity contribution is 5.96. The summed E-state index contributed by atoms with van der Waals surface area (Å²) < 4.78 is 4.93. The summed E-state index contributed by atoms with van der Waals surface area (Å²) in [4.78, 5) is 15.0. The number of carbonyl (C=O) groups is 1. The van der Waals surface area contributed by atoms with Crippen molar-refractivity contribution in [3.63, 3.8) is 0 Å². The van der Waals surface area contributed by atoms with Gasteiger partial charge in [0.05, 0.1) is 12.7 Å². The number of ether oxygens (including phenoxy) is 1. The van der Waals surface area contributed by atoms with Crippen LogP contribution in [-0.2, 0) is 0 Å². The molecule has 0 aromatic carbocycles. The molecule has 0 saturated carbocycles. The quantitative estimate of drug-likeness (QED) is 0.625. The molecule has 1 aromatic rings. The molecule has 0 N–H and O–H groups in total. The number of Topliss-reactive ketones (excluding diaryl/α,β-unsaturated/α-hetero) is 1. The van der Waals surface area contributed by atoms with Crippen LogP contribution in [0.5, 0.6) is 5.88 Å². The highest BCUT2D eigenvalue weighted by Crippen LogP contribution is 2.15. The van der Waals surface area contributed by atoms with E-state index in [1.165, 1.54) is 14.0 Å². The Balaban J connectivity index is 3.21. The number of carbonyl (C=O) groups excluding carboxylic acids is 1. The molecule has 0 unspecified atom stereocenters. The second-order valence-electron chi connectivity index (χ2n) is 2.63. The topological polar surface area (TPSA) is 39.2 Å². The average Bonchev–Trinajstić information content (AvgIpc) is 2.04. The number of methoxy groups -OCH3 is 1. The van der Waals surface area contributed by atoms with Crippen molar-refractivity contribution in [2.45, 2.75) is 13.8 Å². The average molecular weight is 165 g/mol. The maximum Gasteiger partial charge on any atom is 0.224 e. The maximum atomic E-state index is 11.1. The minimum Gasteiger partial charge on any atom is -0.480 e. The first-order chi connectivity index (χ1) is 5.65. The molecule has 0 atom stereocenters. The summed E-state index contributed by atoms with van der Waals surface area (Å²) in [6.07, 6.45) is 1.67. The van der Waals surface area contributed by atoms with E-state index < -0.39 is 0 Å². The van der Waals surface area contributed by atoms with Crippen molar-refractivity contribution in [1.82, 2.24) is 4.98 Å². The lowest BCUT2D eigenvalue weighted by Crippen LogP contribution is -2.00. The minimum atomic E-state index is -0.0250. The Bertz CT molecular complexity index is 307. The summed E-state index contributed by atoms with van der Waals surface area (Å²) >= 11 is 0. The molecule has 1 heterocycles. The van der Waals surface area contributed by atoms with Gasteiger partial charge in [0.25, 0.3) is 0 Å². The van der Waals surface area contributed by atoms with E-state index in [1.807, 2.05) is 6.92 Å². The van der Waals surface area contributed by atoms with E-state index in [2.05, 4.69) is 4.98 Å². The van der Waals surface area contributed by atoms with Gasteiger partial charge in [-0.25, -0.2) is 4.98 Å². The number of aromatic nitrogens is 1. The highest BCUT2D eigenvalue weighted by atomic mass is 16.5. The van der Waals surface area contributed by atoms with Crippen molar-refractivity contribution < 1.29 is 9.53 Å². The Morgan fingerprint density at radius 2 is 2.25 bits per heavy atom. The summed E-state index contributed by atoms with van der Waals surface area (Å²) in [5.41, 5.74) is 1.50. The summed E-state index contributed by atoms with van der Waals surface area (Å²) in [5, 5.41) is 0. The van der Waals surface area contributed by atoms with E-state index in [4.69, 9.17) is 4.74 Å². The van der Waals surface area contributed by atoms with E-state index in [0.29, 0.717) is 11.4 Å². The van der Waals surface area contributed by atoms with Crippen molar-refractivity contribution in [3.05, 3.63) is 23.4 Å². The number of rotatable bonds is 2. The van der Waals surface area contributed by atoms with Crippen molar-refractivity contribution in [3.8, 4) is 5.88 Å². The van der Waals surface area contributed by atoms with Crippen molar-refractivity contribution >= 4 is 5.78 Å². The van der Waals surface area contributed by atoms with Gasteiger partial charge in [0.1, 0.15) is 0 Å². The summed E-state index contributed by atoms with van der Waals surface area (Å²) in [6.45, 7) is 3.39. The van der Waals surface area contributed by atoms with Gasteiger partial charge in [0.15, 0.2) is 5.78 Å². The molecule has 0 radical (unpaired) electrons. The van der Waals surface area contributed by atoms with E-state index in [0.717, 1.165) is 5.56 Å². The fourth-order valence-corrected chi connectivity index (χ4v) is 0.972. The number of hydrogen-bond acceptors (Lipinski definition) is 3. The van der Waals surface area contributed by atoms with Gasteiger partial charge in [-0.15, -0.1) is 0 Å². The van der Waals surface area contributed by atoms with Crippen molar-refractivity contribution in [1.29, 1.82) is 0 Å². The second-order valence-corrected chi connectivity index (χ2v) is 2.63. The first kappa shape index (κ1) is 8.71. The maximum absolute atomic E-state index is 11.1. The molecule has 0 aliphatic carbocycles. The predicted octanol–water partition coefficient (Wildman–Crippen LogP) is 1.60. The number of pyridine rings is 1. The first-order valence-electron chi connectivity index (χ1n) is 3.66. The van der Waals surface area contributed by atoms with Crippen molar-refractivity contribution in [2.75, 3.05) is 7.11 Å². The van der Waals surface area contributed by atoms with Crippen LogP contribution in [0.4, 0.5) is 0 Å². The SMILES string of the molecule is COc1ncc(C)cc1C(C)=O. The largest absolute Gasteiger partial charge is 0.480 e. The van der Waals surface area contributed by atoms with E-state index in [9.17, 15) is 4.79 Å². The zero-order valence-electron chi connectivity index (χ0n) is 7.42. The lowest BCUT2D eigenvalue weighted by Gasteiger charge is -2.04. The molecule has 0 amide bonds. The van der Waals surface area contributed by atoms with Crippen LogP contribution in [0.25, 0.3) is 0 Å². The summed E-state index contributed by atoms with van der Waals surface area (Å²) in [6, 6.07) is 1.77. The molecule has 0 aliphatic heterocycles. The Labute approximate surface area is 71.4 Å². The standard InChI is InChI=1S/C9H11NO2/c1-6-4-8(7(2)11)9(12-3)10-5-6/h4-5H,1-3H3. The Morgan fingerprint density at radius 1 is 1.58 bits per heavy atom. The van der Waals surface area contributed by atoms with Gasteiger partial charge in [-0.05, 0) is 25.5 Å². The van der Waals surface area contributed by atoms with Crippen LogP contribution in [0.2, 0.25) is 0 Å².